The molecule has 3 atom stereocenters. The van der Waals surface area contributed by atoms with Crippen LogP contribution in [0.2, 0.25) is 10.0 Å². The fourth-order valence-electron chi connectivity index (χ4n) is 5.53. The van der Waals surface area contributed by atoms with E-state index in [4.69, 9.17) is 32.7 Å². The Hall–Kier alpha value is -4.52. The fraction of sp³-hybridized carbons (Fsp3) is 0.394. The number of ether oxygens (including phenoxy) is 2. The topological polar surface area (TPSA) is 186 Å². The van der Waals surface area contributed by atoms with Gasteiger partial charge in [-0.05, 0) is 62.1 Å². The van der Waals surface area contributed by atoms with Gasteiger partial charge in [0.05, 0.1) is 32.1 Å². The first-order chi connectivity index (χ1) is 24.9. The lowest BCUT2D eigenvalue weighted by Crippen LogP contribution is -2.64. The van der Waals surface area contributed by atoms with Crippen molar-refractivity contribution in [2.45, 2.75) is 67.7 Å². The van der Waals surface area contributed by atoms with E-state index in [0.29, 0.717) is 24.3 Å². The molecule has 4 rings (SSSR count). The van der Waals surface area contributed by atoms with Crippen molar-refractivity contribution in [3.63, 3.8) is 0 Å². The SMILES string of the molecule is C=CCOC(=O)CC[C@H](NC(=O)[C@@H]1CCCN2C(=O)CC[C@H](NS(=O)(=O)c3ccc(C(F)(F)F)cc3)C(=O)N12)C(=O)COC(=O)c1c(Cl)cccc1Cl. The van der Waals surface area contributed by atoms with Crippen LogP contribution in [0.5, 0.6) is 0 Å². The number of ketones is 1. The normalized spacial score (nSPS) is 18.4. The standard InChI is InChI=1S/C33H33Cl2F3N4O10S/c1-2-17-51-28(45)15-13-23(26(43)18-52-32(48)29-21(34)5-3-6-22(29)35)39-30(46)25-7-4-16-41-27(44)14-12-24(31(47)42(25)41)40-53(49,50)20-10-8-19(9-11-20)33(36,37)38/h2-3,5-6,8-11,23-25,40H,1,4,7,12-18H2,(H,39,46)/t23-,24-,25-/m0/s1. The van der Waals surface area contributed by atoms with Crippen LogP contribution < -0.4 is 10.0 Å². The molecule has 2 saturated heterocycles. The number of rotatable bonds is 14. The van der Waals surface area contributed by atoms with E-state index in [-0.39, 0.29) is 67.3 Å². The van der Waals surface area contributed by atoms with Crippen molar-refractivity contribution < 1.29 is 59.8 Å². The van der Waals surface area contributed by atoms with E-state index in [2.05, 4.69) is 16.6 Å². The number of carbonyl (C=O) groups is 6. The molecule has 0 aliphatic carbocycles. The zero-order valence-corrected chi connectivity index (χ0v) is 30.0. The average molecular weight is 806 g/mol. The number of amides is 3. The second-order valence-corrected chi connectivity index (χ2v) is 14.3. The van der Waals surface area contributed by atoms with Crippen molar-refractivity contribution in [3.8, 4) is 0 Å². The highest BCUT2D eigenvalue weighted by Gasteiger charge is 2.46. The van der Waals surface area contributed by atoms with Crippen molar-refractivity contribution in [2.75, 3.05) is 19.8 Å². The molecule has 0 saturated carbocycles. The van der Waals surface area contributed by atoms with Gasteiger partial charge in [-0.1, -0.05) is 41.9 Å². The molecule has 2 aromatic carbocycles. The first-order valence-corrected chi connectivity index (χ1v) is 18.2. The van der Waals surface area contributed by atoms with Gasteiger partial charge in [0, 0.05) is 19.4 Å². The molecular weight excluding hydrogens is 772 g/mol. The van der Waals surface area contributed by atoms with Gasteiger partial charge in [-0.3, -0.25) is 29.0 Å². The zero-order valence-electron chi connectivity index (χ0n) is 27.7. The maximum absolute atomic E-state index is 13.9. The van der Waals surface area contributed by atoms with Crippen LogP contribution in [0.4, 0.5) is 13.2 Å². The molecule has 2 aromatic rings. The minimum atomic E-state index is -4.73. The van der Waals surface area contributed by atoms with E-state index in [9.17, 15) is 50.4 Å². The van der Waals surface area contributed by atoms with Crippen molar-refractivity contribution >= 4 is 68.7 Å². The molecule has 14 nitrogen and oxygen atoms in total. The number of benzene rings is 2. The van der Waals surface area contributed by atoms with Gasteiger partial charge in [-0.2, -0.15) is 17.9 Å². The molecular formula is C33H33Cl2F3N4O10S. The number of esters is 2. The first kappa shape index (κ1) is 41.2. The molecule has 2 heterocycles. The van der Waals surface area contributed by atoms with E-state index in [1.807, 2.05) is 0 Å². The number of hydrogen-bond acceptors (Lipinski definition) is 10. The number of nitrogens with one attached hydrogen (secondary N) is 2. The van der Waals surface area contributed by atoms with E-state index in [1.165, 1.54) is 24.3 Å². The second-order valence-electron chi connectivity index (χ2n) is 11.8. The minimum Gasteiger partial charge on any atom is -0.461 e. The molecule has 0 spiro atoms. The Balaban J connectivity index is 1.54. The van der Waals surface area contributed by atoms with E-state index in [0.717, 1.165) is 10.0 Å². The molecule has 2 N–H and O–H groups in total. The number of carbonyl (C=O) groups excluding carboxylic acids is 6. The van der Waals surface area contributed by atoms with Crippen LogP contribution in [0, 0.1) is 0 Å². The molecule has 0 radical (unpaired) electrons. The van der Waals surface area contributed by atoms with Crippen molar-refractivity contribution in [1.29, 1.82) is 0 Å². The van der Waals surface area contributed by atoms with Gasteiger partial charge in [0.15, 0.2) is 12.4 Å². The van der Waals surface area contributed by atoms with Crippen molar-refractivity contribution in [1.82, 2.24) is 20.1 Å². The summed E-state index contributed by atoms with van der Waals surface area (Å²) in [5.41, 5.74) is -1.31. The Bertz CT molecular complexity index is 1860. The highest BCUT2D eigenvalue weighted by Crippen LogP contribution is 2.31. The van der Waals surface area contributed by atoms with E-state index < -0.39 is 86.8 Å². The van der Waals surface area contributed by atoms with Gasteiger partial charge >= 0.3 is 18.1 Å². The Labute approximate surface area is 311 Å². The summed E-state index contributed by atoms with van der Waals surface area (Å²) in [6.45, 7) is 2.39. The third kappa shape index (κ3) is 10.3. The molecule has 2 aliphatic heterocycles. The second kappa shape index (κ2) is 17.5. The van der Waals surface area contributed by atoms with Gasteiger partial charge in [-0.25, -0.2) is 18.2 Å². The minimum absolute atomic E-state index is 0.00914. The van der Waals surface area contributed by atoms with Gasteiger partial charge in [0.2, 0.25) is 21.8 Å². The van der Waals surface area contributed by atoms with Crippen LogP contribution in [0.3, 0.4) is 0 Å². The van der Waals surface area contributed by atoms with Gasteiger partial charge in [0.1, 0.15) is 18.7 Å². The average Bonchev–Trinajstić information content (AvgIpc) is 3.22. The summed E-state index contributed by atoms with van der Waals surface area (Å²) in [7, 11) is -4.60. The van der Waals surface area contributed by atoms with Crippen LogP contribution in [0.15, 0.2) is 60.0 Å². The largest absolute Gasteiger partial charge is 0.461 e. The summed E-state index contributed by atoms with van der Waals surface area (Å²) < 4.78 is 77.6. The molecule has 53 heavy (non-hydrogen) atoms. The van der Waals surface area contributed by atoms with Gasteiger partial charge in [-0.15, -0.1) is 0 Å². The first-order valence-electron chi connectivity index (χ1n) is 16.0. The summed E-state index contributed by atoms with van der Waals surface area (Å²) >= 11 is 12.1. The van der Waals surface area contributed by atoms with Gasteiger partial charge < -0.3 is 14.8 Å². The summed E-state index contributed by atoms with van der Waals surface area (Å²) in [5.74, 6) is -5.26. The molecule has 2 fully saturated rings. The van der Waals surface area contributed by atoms with Crippen LogP contribution >= 0.6 is 23.2 Å². The summed E-state index contributed by atoms with van der Waals surface area (Å²) in [4.78, 5) is 78.6. The smallest absolute Gasteiger partial charge is 0.416 e. The molecule has 0 unspecified atom stereocenters. The fourth-order valence-corrected chi connectivity index (χ4v) is 7.31. The number of hydrogen-bond donors (Lipinski definition) is 2. The number of halogens is 5. The van der Waals surface area contributed by atoms with Crippen molar-refractivity contribution in [3.05, 3.63) is 76.3 Å². The van der Waals surface area contributed by atoms with Crippen molar-refractivity contribution in [2.24, 2.45) is 0 Å². The third-order valence-corrected chi connectivity index (χ3v) is 10.3. The highest BCUT2D eigenvalue weighted by molar-refractivity contribution is 7.89. The Morgan fingerprint density at radius 3 is 2.30 bits per heavy atom. The molecule has 0 bridgehead atoms. The Morgan fingerprint density at radius 1 is 1.02 bits per heavy atom. The lowest BCUT2D eigenvalue weighted by atomic mass is 10.0. The molecule has 0 aromatic heterocycles. The third-order valence-electron chi connectivity index (χ3n) is 8.17. The number of nitrogens with zero attached hydrogens (tertiary/aromatic N) is 2. The predicted molar refractivity (Wildman–Crippen MR) is 180 cm³/mol. The number of alkyl halides is 3. The zero-order chi connectivity index (χ0) is 39.1. The summed E-state index contributed by atoms with van der Waals surface area (Å²) in [5, 5.41) is 4.15. The maximum Gasteiger partial charge on any atom is 0.416 e. The summed E-state index contributed by atoms with van der Waals surface area (Å²) in [6.07, 6.45) is -4.63. The molecule has 20 heteroatoms. The number of fused-ring (bicyclic) bond motifs is 1. The molecule has 3 amide bonds. The highest BCUT2D eigenvalue weighted by atomic mass is 35.5. The van der Waals surface area contributed by atoms with Crippen LogP contribution in [-0.2, 0) is 49.6 Å². The predicted octanol–water partition coefficient (Wildman–Crippen LogP) is 3.61. The van der Waals surface area contributed by atoms with E-state index in [1.54, 1.807) is 0 Å². The monoisotopic (exact) mass is 804 g/mol. The maximum atomic E-state index is 13.9. The molecule has 2 aliphatic rings. The lowest BCUT2D eigenvalue weighted by molar-refractivity contribution is -0.176. The van der Waals surface area contributed by atoms with Gasteiger partial charge in [0.25, 0.3) is 5.91 Å². The Morgan fingerprint density at radius 2 is 1.68 bits per heavy atom. The number of hydrazine groups is 1. The number of Topliss-reactive ketones (excluding diaryl/α,β-unsaturated/α-hetero) is 1. The van der Waals surface area contributed by atoms with Crippen LogP contribution in [-0.4, -0.2) is 91.8 Å². The molecule has 286 valence electrons. The summed E-state index contributed by atoms with van der Waals surface area (Å²) in [6, 6.07) is 2.21. The quantitative estimate of drug-likeness (QED) is 0.211. The van der Waals surface area contributed by atoms with Crippen LogP contribution in [0.25, 0.3) is 0 Å². The van der Waals surface area contributed by atoms with E-state index >= 15 is 0 Å². The lowest BCUT2D eigenvalue weighted by Gasteiger charge is -2.43. The van der Waals surface area contributed by atoms with Crippen LogP contribution in [0.1, 0.15) is 54.4 Å². The number of sulfonamides is 1. The Kier molecular flexibility index (Phi) is 13.6.